The van der Waals surface area contributed by atoms with Gasteiger partial charge in [-0.1, -0.05) is 12.1 Å². The number of hydroxylamine groups is 1. The van der Waals surface area contributed by atoms with Gasteiger partial charge in [-0.2, -0.15) is 0 Å². The lowest BCUT2D eigenvalue weighted by Crippen LogP contribution is -2.33. The topological polar surface area (TPSA) is 64.3 Å². The number of aryl methyl sites for hydroxylation is 1. The fourth-order valence-electron chi connectivity index (χ4n) is 1.20. The first-order valence-electron chi connectivity index (χ1n) is 5.68. The highest BCUT2D eigenvalue weighted by atomic mass is 16.7. The van der Waals surface area contributed by atoms with Crippen LogP contribution in [-0.4, -0.2) is 11.5 Å². The molecule has 0 aliphatic carbocycles. The molecule has 17 heavy (non-hydrogen) atoms. The fraction of sp³-hybridized carbons (Fsp3) is 0.462. The maximum atomic E-state index is 11.5. The van der Waals surface area contributed by atoms with E-state index in [1.165, 1.54) is 0 Å². The number of benzene rings is 1. The number of rotatable bonds is 4. The van der Waals surface area contributed by atoms with E-state index in [0.29, 0.717) is 12.8 Å². The van der Waals surface area contributed by atoms with Gasteiger partial charge in [-0.05, 0) is 44.9 Å². The number of amides is 1. The summed E-state index contributed by atoms with van der Waals surface area (Å²) in [7, 11) is 0. The quantitative estimate of drug-likeness (QED) is 0.621. The van der Waals surface area contributed by atoms with Crippen LogP contribution < -0.4 is 11.2 Å². The van der Waals surface area contributed by atoms with Gasteiger partial charge in [0.05, 0.1) is 5.60 Å². The standard InChI is InChI=1S/C13H20N2O2/c1-13(2,3)17-15-12(16)9-6-10-4-7-11(14)8-5-10/h4-5,7-8H,6,9,14H2,1-3H3,(H,15,16). The summed E-state index contributed by atoms with van der Waals surface area (Å²) >= 11 is 0. The molecule has 0 aliphatic rings. The third-order valence-electron chi connectivity index (χ3n) is 2.09. The van der Waals surface area contributed by atoms with E-state index in [0.717, 1.165) is 11.3 Å². The number of nitrogens with one attached hydrogen (secondary N) is 1. The van der Waals surface area contributed by atoms with Crippen molar-refractivity contribution in [2.24, 2.45) is 0 Å². The number of anilines is 1. The first-order valence-corrected chi connectivity index (χ1v) is 5.68. The summed E-state index contributed by atoms with van der Waals surface area (Å²) in [4.78, 5) is 16.6. The van der Waals surface area contributed by atoms with Crippen molar-refractivity contribution in [3.8, 4) is 0 Å². The molecule has 0 spiro atoms. The van der Waals surface area contributed by atoms with Crippen molar-refractivity contribution in [1.29, 1.82) is 0 Å². The predicted octanol–water partition coefficient (Wildman–Crippen LogP) is 2.05. The molecule has 1 rings (SSSR count). The molecule has 0 saturated heterocycles. The summed E-state index contributed by atoms with van der Waals surface area (Å²) in [5.74, 6) is -0.114. The Hall–Kier alpha value is -1.55. The van der Waals surface area contributed by atoms with Crippen LogP contribution in [0.1, 0.15) is 32.8 Å². The van der Waals surface area contributed by atoms with Crippen molar-refractivity contribution in [3.63, 3.8) is 0 Å². The van der Waals surface area contributed by atoms with Crippen molar-refractivity contribution >= 4 is 11.6 Å². The van der Waals surface area contributed by atoms with Crippen LogP contribution in [0.25, 0.3) is 0 Å². The molecule has 4 heteroatoms. The molecule has 0 aromatic heterocycles. The van der Waals surface area contributed by atoms with Crippen LogP contribution in [0.3, 0.4) is 0 Å². The van der Waals surface area contributed by atoms with Crippen molar-refractivity contribution in [2.45, 2.75) is 39.2 Å². The summed E-state index contributed by atoms with van der Waals surface area (Å²) in [6.07, 6.45) is 1.08. The average Bonchev–Trinajstić information content (AvgIpc) is 2.25. The molecule has 1 aromatic carbocycles. The predicted molar refractivity (Wildman–Crippen MR) is 68.2 cm³/mol. The van der Waals surface area contributed by atoms with Gasteiger partial charge >= 0.3 is 0 Å². The second-order valence-corrected chi connectivity index (χ2v) is 4.98. The molecular formula is C13H20N2O2. The van der Waals surface area contributed by atoms with Crippen molar-refractivity contribution in [1.82, 2.24) is 5.48 Å². The second kappa shape index (κ2) is 5.68. The third-order valence-corrected chi connectivity index (χ3v) is 2.09. The average molecular weight is 236 g/mol. The Morgan fingerprint density at radius 2 is 1.88 bits per heavy atom. The summed E-state index contributed by atoms with van der Waals surface area (Å²) in [6, 6.07) is 7.51. The highest BCUT2D eigenvalue weighted by Gasteiger charge is 2.12. The lowest BCUT2D eigenvalue weighted by Gasteiger charge is -2.18. The third kappa shape index (κ3) is 5.92. The maximum absolute atomic E-state index is 11.5. The molecule has 0 aliphatic heterocycles. The van der Waals surface area contributed by atoms with Gasteiger partial charge in [0.1, 0.15) is 0 Å². The van der Waals surface area contributed by atoms with Crippen LogP contribution in [0.2, 0.25) is 0 Å². The monoisotopic (exact) mass is 236 g/mol. The SMILES string of the molecule is CC(C)(C)ONC(=O)CCc1ccc(N)cc1. The minimum Gasteiger partial charge on any atom is -0.399 e. The minimum absolute atomic E-state index is 0.114. The highest BCUT2D eigenvalue weighted by Crippen LogP contribution is 2.08. The van der Waals surface area contributed by atoms with Crippen LogP contribution >= 0.6 is 0 Å². The second-order valence-electron chi connectivity index (χ2n) is 4.98. The molecule has 0 bridgehead atoms. The van der Waals surface area contributed by atoms with Gasteiger partial charge in [0.2, 0.25) is 5.91 Å². The highest BCUT2D eigenvalue weighted by molar-refractivity contribution is 5.75. The zero-order valence-corrected chi connectivity index (χ0v) is 10.6. The molecular weight excluding hydrogens is 216 g/mol. The lowest BCUT2D eigenvalue weighted by atomic mass is 10.1. The molecule has 0 heterocycles. The van der Waals surface area contributed by atoms with Crippen molar-refractivity contribution in [2.75, 3.05) is 5.73 Å². The number of nitrogen functional groups attached to an aromatic ring is 1. The molecule has 0 unspecified atom stereocenters. The van der Waals surface area contributed by atoms with E-state index in [2.05, 4.69) is 5.48 Å². The van der Waals surface area contributed by atoms with E-state index in [9.17, 15) is 4.79 Å². The van der Waals surface area contributed by atoms with Gasteiger partial charge in [-0.3, -0.25) is 9.63 Å². The molecule has 0 radical (unpaired) electrons. The molecule has 1 amide bonds. The van der Waals surface area contributed by atoms with Gasteiger partial charge < -0.3 is 5.73 Å². The zero-order chi connectivity index (χ0) is 12.9. The lowest BCUT2D eigenvalue weighted by molar-refractivity contribution is -0.145. The first kappa shape index (κ1) is 13.5. The molecule has 0 atom stereocenters. The summed E-state index contributed by atoms with van der Waals surface area (Å²) in [5.41, 5.74) is 9.47. The zero-order valence-electron chi connectivity index (χ0n) is 10.6. The van der Waals surface area contributed by atoms with E-state index >= 15 is 0 Å². The Labute approximate surface area is 102 Å². The summed E-state index contributed by atoms with van der Waals surface area (Å²) in [5, 5.41) is 0. The van der Waals surface area contributed by atoms with Crippen LogP contribution in [0.15, 0.2) is 24.3 Å². The van der Waals surface area contributed by atoms with Gasteiger partial charge in [0, 0.05) is 12.1 Å². The van der Waals surface area contributed by atoms with Crippen molar-refractivity contribution in [3.05, 3.63) is 29.8 Å². The first-order chi connectivity index (χ1) is 7.87. The number of carbonyl (C=O) groups excluding carboxylic acids is 1. The van der Waals surface area contributed by atoms with Crippen LogP contribution in [-0.2, 0) is 16.1 Å². The number of hydrogen-bond donors (Lipinski definition) is 2. The fourth-order valence-corrected chi connectivity index (χ4v) is 1.20. The smallest absolute Gasteiger partial charge is 0.243 e. The van der Waals surface area contributed by atoms with Gasteiger partial charge in [-0.25, -0.2) is 5.48 Å². The normalized spacial score (nSPS) is 11.2. The number of nitrogens with two attached hydrogens (primary N) is 1. The summed E-state index contributed by atoms with van der Waals surface area (Å²) in [6.45, 7) is 5.65. The van der Waals surface area contributed by atoms with Gasteiger partial charge in [0.25, 0.3) is 0 Å². The van der Waals surface area contributed by atoms with Crippen molar-refractivity contribution < 1.29 is 9.63 Å². The number of hydrogen-bond acceptors (Lipinski definition) is 3. The Morgan fingerprint density at radius 3 is 2.41 bits per heavy atom. The molecule has 94 valence electrons. The van der Waals surface area contributed by atoms with E-state index in [1.54, 1.807) is 0 Å². The van der Waals surface area contributed by atoms with E-state index in [-0.39, 0.29) is 11.5 Å². The molecule has 4 nitrogen and oxygen atoms in total. The molecule has 3 N–H and O–H groups in total. The summed E-state index contributed by atoms with van der Waals surface area (Å²) < 4.78 is 0. The largest absolute Gasteiger partial charge is 0.399 e. The molecule has 0 fully saturated rings. The maximum Gasteiger partial charge on any atom is 0.243 e. The van der Waals surface area contributed by atoms with Gasteiger partial charge in [0.15, 0.2) is 0 Å². The van der Waals surface area contributed by atoms with Crippen LogP contribution in [0.4, 0.5) is 5.69 Å². The van der Waals surface area contributed by atoms with E-state index < -0.39 is 0 Å². The van der Waals surface area contributed by atoms with E-state index in [1.807, 2.05) is 45.0 Å². The van der Waals surface area contributed by atoms with Gasteiger partial charge in [-0.15, -0.1) is 0 Å². The molecule has 1 aromatic rings. The van der Waals surface area contributed by atoms with E-state index in [4.69, 9.17) is 10.6 Å². The minimum atomic E-state index is -0.364. The van der Waals surface area contributed by atoms with Crippen LogP contribution in [0, 0.1) is 0 Å². The Balaban J connectivity index is 2.31. The van der Waals surface area contributed by atoms with Crippen LogP contribution in [0.5, 0.6) is 0 Å². The molecule has 0 saturated carbocycles. The Bertz CT molecular complexity index is 366. The number of carbonyl (C=O) groups is 1. The Morgan fingerprint density at radius 1 is 1.29 bits per heavy atom. The Kier molecular flexibility index (Phi) is 4.52.